The van der Waals surface area contributed by atoms with Crippen molar-refractivity contribution >= 4 is 22.6 Å². The molecule has 1 aromatic carbocycles. The Hall–Kier alpha value is -0.840. The lowest BCUT2D eigenvalue weighted by Crippen LogP contribution is -1.80. The first-order chi connectivity index (χ1) is 6.27. The Morgan fingerprint density at radius 3 is 2.46 bits per heavy atom. The molecule has 0 saturated heterocycles. The van der Waals surface area contributed by atoms with Crippen molar-refractivity contribution in [3.63, 3.8) is 0 Å². The molecule has 0 spiro atoms. The minimum atomic E-state index is 0.917. The first-order valence-corrected chi connectivity index (χ1v) is 5.02. The molecular formula is C10H8INO. The fraction of sp³-hybridized carbons (Fsp3) is 0.100. The molecule has 1 heterocycles. The van der Waals surface area contributed by atoms with Crippen molar-refractivity contribution in [1.82, 2.24) is 5.16 Å². The van der Waals surface area contributed by atoms with Crippen LogP contribution in [0.4, 0.5) is 0 Å². The van der Waals surface area contributed by atoms with Gasteiger partial charge in [0.2, 0.25) is 0 Å². The van der Waals surface area contributed by atoms with Crippen molar-refractivity contribution < 1.29 is 4.52 Å². The molecule has 0 atom stereocenters. The Morgan fingerprint density at radius 1 is 1.23 bits per heavy atom. The third kappa shape index (κ3) is 1.75. The van der Waals surface area contributed by atoms with Gasteiger partial charge in [-0.15, -0.1) is 0 Å². The predicted octanol–water partition coefficient (Wildman–Crippen LogP) is 3.25. The monoisotopic (exact) mass is 285 g/mol. The summed E-state index contributed by atoms with van der Waals surface area (Å²) in [6.07, 6.45) is 1.65. The number of benzene rings is 1. The van der Waals surface area contributed by atoms with Crippen LogP contribution < -0.4 is 0 Å². The standard InChI is InChI=1S/C10H8INO/c1-7-2-4-8(5-3-7)10-9(11)6-13-12-10/h2-6H,1H3. The van der Waals surface area contributed by atoms with E-state index in [1.165, 1.54) is 5.56 Å². The topological polar surface area (TPSA) is 26.0 Å². The minimum absolute atomic E-state index is 0.917. The molecule has 0 saturated carbocycles. The third-order valence-electron chi connectivity index (χ3n) is 1.85. The molecule has 0 radical (unpaired) electrons. The van der Waals surface area contributed by atoms with Crippen LogP contribution in [0, 0.1) is 10.5 Å². The summed E-state index contributed by atoms with van der Waals surface area (Å²) in [4.78, 5) is 0. The molecule has 2 rings (SSSR count). The van der Waals surface area contributed by atoms with E-state index in [0.717, 1.165) is 14.8 Å². The van der Waals surface area contributed by atoms with Gasteiger partial charge in [-0.2, -0.15) is 0 Å². The van der Waals surface area contributed by atoms with E-state index in [-0.39, 0.29) is 0 Å². The second-order valence-corrected chi connectivity index (χ2v) is 4.04. The molecule has 2 nitrogen and oxygen atoms in total. The van der Waals surface area contributed by atoms with Gasteiger partial charge in [0.05, 0.1) is 3.57 Å². The molecule has 0 fully saturated rings. The summed E-state index contributed by atoms with van der Waals surface area (Å²) in [6, 6.07) is 8.24. The molecule has 0 unspecified atom stereocenters. The number of hydrogen-bond donors (Lipinski definition) is 0. The van der Waals surface area contributed by atoms with Crippen LogP contribution in [-0.4, -0.2) is 5.16 Å². The highest BCUT2D eigenvalue weighted by molar-refractivity contribution is 14.1. The van der Waals surface area contributed by atoms with Gasteiger partial charge in [0.1, 0.15) is 12.0 Å². The Balaban J connectivity index is 2.47. The van der Waals surface area contributed by atoms with Gasteiger partial charge in [-0.3, -0.25) is 0 Å². The van der Waals surface area contributed by atoms with E-state index in [1.54, 1.807) is 6.26 Å². The fourth-order valence-electron chi connectivity index (χ4n) is 1.13. The first-order valence-electron chi connectivity index (χ1n) is 3.94. The van der Waals surface area contributed by atoms with Gasteiger partial charge in [-0.25, -0.2) is 0 Å². The van der Waals surface area contributed by atoms with Gasteiger partial charge in [-0.05, 0) is 29.5 Å². The second kappa shape index (κ2) is 3.49. The molecule has 13 heavy (non-hydrogen) atoms. The van der Waals surface area contributed by atoms with Crippen molar-refractivity contribution in [3.05, 3.63) is 39.7 Å². The number of nitrogens with zero attached hydrogens (tertiary/aromatic N) is 1. The van der Waals surface area contributed by atoms with Crippen LogP contribution in [-0.2, 0) is 0 Å². The van der Waals surface area contributed by atoms with Gasteiger partial charge in [0.15, 0.2) is 0 Å². The highest BCUT2D eigenvalue weighted by Crippen LogP contribution is 2.23. The van der Waals surface area contributed by atoms with E-state index < -0.39 is 0 Å². The van der Waals surface area contributed by atoms with Crippen molar-refractivity contribution in [1.29, 1.82) is 0 Å². The summed E-state index contributed by atoms with van der Waals surface area (Å²) >= 11 is 2.21. The van der Waals surface area contributed by atoms with Crippen molar-refractivity contribution in [2.45, 2.75) is 6.92 Å². The molecule has 2 aromatic rings. The van der Waals surface area contributed by atoms with Crippen molar-refractivity contribution in [2.24, 2.45) is 0 Å². The van der Waals surface area contributed by atoms with Gasteiger partial charge < -0.3 is 4.52 Å². The van der Waals surface area contributed by atoms with E-state index >= 15 is 0 Å². The number of aryl methyl sites for hydroxylation is 1. The molecule has 0 amide bonds. The Labute approximate surface area is 90.1 Å². The summed E-state index contributed by atoms with van der Waals surface area (Å²) in [6.45, 7) is 2.07. The quantitative estimate of drug-likeness (QED) is 0.752. The zero-order chi connectivity index (χ0) is 9.26. The van der Waals surface area contributed by atoms with Crippen LogP contribution in [0.5, 0.6) is 0 Å². The van der Waals surface area contributed by atoms with Crippen LogP contribution in [0.15, 0.2) is 35.1 Å². The molecule has 0 aliphatic heterocycles. The van der Waals surface area contributed by atoms with E-state index in [2.05, 4.69) is 58.9 Å². The minimum Gasteiger partial charge on any atom is -0.363 e. The van der Waals surface area contributed by atoms with Crippen LogP contribution in [0.1, 0.15) is 5.56 Å². The van der Waals surface area contributed by atoms with E-state index in [9.17, 15) is 0 Å². The first kappa shape index (κ1) is 8.74. The summed E-state index contributed by atoms with van der Waals surface area (Å²) in [5.74, 6) is 0. The summed E-state index contributed by atoms with van der Waals surface area (Å²) in [5.41, 5.74) is 3.27. The Kier molecular flexibility index (Phi) is 2.35. The fourth-order valence-corrected chi connectivity index (χ4v) is 1.65. The molecular weight excluding hydrogens is 277 g/mol. The van der Waals surface area contributed by atoms with Gasteiger partial charge in [0, 0.05) is 5.56 Å². The average molecular weight is 285 g/mol. The summed E-state index contributed by atoms with van der Waals surface area (Å²) < 4.78 is 5.92. The normalized spacial score (nSPS) is 10.3. The van der Waals surface area contributed by atoms with E-state index in [1.807, 2.05) is 0 Å². The lowest BCUT2D eigenvalue weighted by Gasteiger charge is -1.96. The zero-order valence-corrected chi connectivity index (χ0v) is 9.28. The van der Waals surface area contributed by atoms with Crippen LogP contribution >= 0.6 is 22.6 Å². The molecule has 66 valence electrons. The highest BCUT2D eigenvalue weighted by Gasteiger charge is 2.06. The third-order valence-corrected chi connectivity index (χ3v) is 2.62. The summed E-state index contributed by atoms with van der Waals surface area (Å²) in [7, 11) is 0. The smallest absolute Gasteiger partial charge is 0.137 e. The maximum Gasteiger partial charge on any atom is 0.137 e. The zero-order valence-electron chi connectivity index (χ0n) is 7.12. The average Bonchev–Trinajstić information content (AvgIpc) is 2.53. The molecule has 0 bridgehead atoms. The molecule has 0 aliphatic carbocycles. The molecule has 0 aliphatic rings. The molecule has 3 heteroatoms. The number of halogens is 1. The Morgan fingerprint density at radius 2 is 1.92 bits per heavy atom. The largest absolute Gasteiger partial charge is 0.363 e. The van der Waals surface area contributed by atoms with Crippen LogP contribution in [0.25, 0.3) is 11.3 Å². The van der Waals surface area contributed by atoms with E-state index in [0.29, 0.717) is 0 Å². The maximum absolute atomic E-state index is 4.87. The van der Waals surface area contributed by atoms with Gasteiger partial charge in [-0.1, -0.05) is 35.0 Å². The molecule has 0 N–H and O–H groups in total. The van der Waals surface area contributed by atoms with Crippen LogP contribution in [0.2, 0.25) is 0 Å². The highest BCUT2D eigenvalue weighted by atomic mass is 127. The Bertz CT molecular complexity index is 405. The van der Waals surface area contributed by atoms with Gasteiger partial charge >= 0.3 is 0 Å². The number of hydrogen-bond acceptors (Lipinski definition) is 2. The maximum atomic E-state index is 4.87. The van der Waals surface area contributed by atoms with Crippen molar-refractivity contribution in [2.75, 3.05) is 0 Å². The second-order valence-electron chi connectivity index (χ2n) is 2.88. The van der Waals surface area contributed by atoms with Gasteiger partial charge in [0.25, 0.3) is 0 Å². The predicted molar refractivity (Wildman–Crippen MR) is 59.4 cm³/mol. The SMILES string of the molecule is Cc1ccc(-c2nocc2I)cc1. The lowest BCUT2D eigenvalue weighted by molar-refractivity contribution is 0.421. The van der Waals surface area contributed by atoms with Crippen LogP contribution in [0.3, 0.4) is 0 Å². The molecule has 1 aromatic heterocycles. The lowest BCUT2D eigenvalue weighted by atomic mass is 10.1. The van der Waals surface area contributed by atoms with E-state index in [4.69, 9.17) is 4.52 Å². The van der Waals surface area contributed by atoms with Crippen molar-refractivity contribution in [3.8, 4) is 11.3 Å². The number of rotatable bonds is 1. The number of aromatic nitrogens is 1. The summed E-state index contributed by atoms with van der Waals surface area (Å²) in [5, 5.41) is 3.93.